The number of ether oxygens (including phenoxy) is 1. The number of nitrogens with zero attached hydrogens (tertiary/aromatic N) is 1. The summed E-state index contributed by atoms with van der Waals surface area (Å²) >= 11 is 0. The van der Waals surface area contributed by atoms with Gasteiger partial charge in [-0.3, -0.25) is 0 Å². The van der Waals surface area contributed by atoms with E-state index in [4.69, 9.17) is 14.9 Å². The van der Waals surface area contributed by atoms with Gasteiger partial charge in [0.25, 0.3) is 0 Å². The molecular weight excluding hydrogens is 256 g/mol. The molecule has 1 fully saturated rings. The van der Waals surface area contributed by atoms with Crippen molar-refractivity contribution in [1.82, 2.24) is 10.2 Å². The Kier molecular flexibility index (Phi) is 5.52. The van der Waals surface area contributed by atoms with E-state index < -0.39 is 23.7 Å². The third kappa shape index (κ3) is 5.01. The monoisotopic (exact) mass is 276 g/mol. The third-order valence-corrected chi connectivity index (χ3v) is 3.03. The van der Waals surface area contributed by atoms with Gasteiger partial charge in [-0.1, -0.05) is 0 Å². The van der Waals surface area contributed by atoms with Crippen LogP contribution in [0.25, 0.3) is 0 Å². The summed E-state index contributed by atoms with van der Waals surface area (Å²) in [4.78, 5) is 23.3. The number of hydrogen-bond acceptors (Lipinski definition) is 5. The van der Waals surface area contributed by atoms with Crippen LogP contribution in [0.1, 0.15) is 12.8 Å². The largest absolute Gasteiger partial charge is 0.479 e. The van der Waals surface area contributed by atoms with Gasteiger partial charge in [0.05, 0.1) is 18.7 Å². The zero-order valence-electron chi connectivity index (χ0n) is 10.8. The van der Waals surface area contributed by atoms with Crippen molar-refractivity contribution in [3.63, 3.8) is 0 Å². The van der Waals surface area contributed by atoms with Crippen LogP contribution < -0.4 is 5.32 Å². The summed E-state index contributed by atoms with van der Waals surface area (Å²) in [6.07, 6.45) is -0.742. The van der Waals surface area contributed by atoms with Gasteiger partial charge in [-0.25, -0.2) is 9.59 Å². The molecule has 0 spiro atoms. The van der Waals surface area contributed by atoms with Crippen LogP contribution in [0.2, 0.25) is 0 Å². The van der Waals surface area contributed by atoms with Gasteiger partial charge in [0.2, 0.25) is 0 Å². The minimum Gasteiger partial charge on any atom is -0.479 e. The van der Waals surface area contributed by atoms with Crippen LogP contribution in [-0.2, 0) is 9.53 Å². The number of amides is 2. The van der Waals surface area contributed by atoms with Crippen molar-refractivity contribution in [2.45, 2.75) is 24.5 Å². The summed E-state index contributed by atoms with van der Waals surface area (Å²) in [5, 5.41) is 30.0. The molecule has 2 amide bonds. The van der Waals surface area contributed by atoms with E-state index in [1.807, 2.05) is 0 Å². The van der Waals surface area contributed by atoms with E-state index in [-0.39, 0.29) is 13.1 Å². The first-order valence-corrected chi connectivity index (χ1v) is 6.04. The lowest BCUT2D eigenvalue weighted by Gasteiger charge is -2.35. The minimum absolute atomic E-state index is 0.130. The number of carboxylic acids is 1. The molecule has 4 N–H and O–H groups in total. The molecule has 1 rings (SSSR count). The molecule has 1 heterocycles. The number of likely N-dealkylation sites (N-methyl/N-ethyl adjacent to an activating group) is 1. The fraction of sp³-hybridized carbons (Fsp3) is 0.818. The molecule has 0 aromatic rings. The Morgan fingerprint density at radius 1 is 1.42 bits per heavy atom. The molecule has 0 aromatic heterocycles. The molecule has 0 bridgehead atoms. The number of carbonyl (C=O) groups is 2. The Morgan fingerprint density at radius 2 is 2.00 bits per heavy atom. The fourth-order valence-electron chi connectivity index (χ4n) is 1.83. The molecule has 8 nitrogen and oxygen atoms in total. The fourth-order valence-corrected chi connectivity index (χ4v) is 1.83. The Balaban J connectivity index is 2.37. The third-order valence-electron chi connectivity index (χ3n) is 3.03. The maximum absolute atomic E-state index is 11.7. The van der Waals surface area contributed by atoms with Gasteiger partial charge < -0.3 is 30.3 Å². The molecule has 0 saturated carbocycles. The number of hydrogen-bond donors (Lipinski definition) is 4. The second kappa shape index (κ2) is 6.69. The van der Waals surface area contributed by atoms with Gasteiger partial charge in [0.1, 0.15) is 0 Å². The number of nitrogens with one attached hydrogen (secondary N) is 1. The lowest BCUT2D eigenvalue weighted by Crippen LogP contribution is -2.51. The van der Waals surface area contributed by atoms with Gasteiger partial charge in [0.15, 0.2) is 6.10 Å². The van der Waals surface area contributed by atoms with Crippen molar-refractivity contribution in [2.24, 2.45) is 0 Å². The molecule has 19 heavy (non-hydrogen) atoms. The van der Waals surface area contributed by atoms with E-state index in [2.05, 4.69) is 5.32 Å². The molecule has 1 saturated heterocycles. The molecule has 8 heteroatoms. The average Bonchev–Trinajstić information content (AvgIpc) is 2.35. The molecule has 1 aliphatic heterocycles. The maximum Gasteiger partial charge on any atom is 0.334 e. The van der Waals surface area contributed by atoms with E-state index in [1.165, 1.54) is 11.9 Å². The first-order valence-electron chi connectivity index (χ1n) is 6.04. The van der Waals surface area contributed by atoms with Crippen molar-refractivity contribution in [1.29, 1.82) is 0 Å². The van der Waals surface area contributed by atoms with Crippen LogP contribution in [0.5, 0.6) is 0 Å². The standard InChI is InChI=1S/C11H20N2O6/c1-13(7-11(18)2-4-19-5-3-11)10(17)12-6-8(14)9(15)16/h8,14,18H,2-7H2,1H3,(H,12,17)(H,15,16). The highest BCUT2D eigenvalue weighted by atomic mass is 16.5. The number of carbonyl (C=O) groups excluding carboxylic acids is 1. The highest BCUT2D eigenvalue weighted by molar-refractivity contribution is 5.76. The van der Waals surface area contributed by atoms with Crippen molar-refractivity contribution in [2.75, 3.05) is 33.4 Å². The number of aliphatic hydroxyl groups is 2. The predicted octanol–water partition coefficient (Wildman–Crippen LogP) is -1.39. The van der Waals surface area contributed by atoms with Gasteiger partial charge in [0, 0.05) is 33.1 Å². The van der Waals surface area contributed by atoms with Crippen molar-refractivity contribution >= 4 is 12.0 Å². The van der Waals surface area contributed by atoms with E-state index in [0.29, 0.717) is 26.1 Å². The van der Waals surface area contributed by atoms with Crippen molar-refractivity contribution in [3.8, 4) is 0 Å². The summed E-state index contributed by atoms with van der Waals surface area (Å²) < 4.78 is 5.13. The van der Waals surface area contributed by atoms with E-state index in [0.717, 1.165) is 0 Å². The number of aliphatic carboxylic acids is 1. The van der Waals surface area contributed by atoms with Crippen LogP contribution in [-0.4, -0.2) is 77.3 Å². The molecule has 0 radical (unpaired) electrons. The topological polar surface area (TPSA) is 119 Å². The SMILES string of the molecule is CN(CC1(O)CCOCC1)C(=O)NCC(O)C(=O)O. The normalized spacial score (nSPS) is 19.5. The molecule has 0 aliphatic carbocycles. The van der Waals surface area contributed by atoms with Crippen LogP contribution in [0.15, 0.2) is 0 Å². The van der Waals surface area contributed by atoms with Gasteiger partial charge >= 0.3 is 12.0 Å². The lowest BCUT2D eigenvalue weighted by atomic mass is 9.94. The smallest absolute Gasteiger partial charge is 0.334 e. The second-order valence-electron chi connectivity index (χ2n) is 4.73. The zero-order chi connectivity index (χ0) is 14.5. The summed E-state index contributed by atoms with van der Waals surface area (Å²) in [7, 11) is 1.50. The van der Waals surface area contributed by atoms with E-state index >= 15 is 0 Å². The average molecular weight is 276 g/mol. The van der Waals surface area contributed by atoms with Crippen LogP contribution >= 0.6 is 0 Å². The molecule has 0 aromatic carbocycles. The Morgan fingerprint density at radius 3 is 2.53 bits per heavy atom. The van der Waals surface area contributed by atoms with Crippen LogP contribution in [0.4, 0.5) is 4.79 Å². The number of urea groups is 1. The summed E-state index contributed by atoms with van der Waals surface area (Å²) in [5.41, 5.74) is -0.976. The lowest BCUT2D eigenvalue weighted by molar-refractivity contribution is -0.146. The first kappa shape index (κ1) is 15.7. The highest BCUT2D eigenvalue weighted by Crippen LogP contribution is 2.21. The van der Waals surface area contributed by atoms with Gasteiger partial charge in [-0.05, 0) is 0 Å². The molecule has 1 atom stereocenters. The maximum atomic E-state index is 11.7. The zero-order valence-corrected chi connectivity index (χ0v) is 10.8. The number of aliphatic hydroxyl groups excluding tert-OH is 1. The molecule has 110 valence electrons. The highest BCUT2D eigenvalue weighted by Gasteiger charge is 2.32. The Hall–Kier alpha value is -1.38. The molecule has 1 aliphatic rings. The van der Waals surface area contributed by atoms with Crippen molar-refractivity contribution < 1.29 is 29.6 Å². The predicted molar refractivity (Wildman–Crippen MR) is 64.7 cm³/mol. The van der Waals surface area contributed by atoms with Crippen LogP contribution in [0.3, 0.4) is 0 Å². The molecular formula is C11H20N2O6. The second-order valence-corrected chi connectivity index (χ2v) is 4.73. The summed E-state index contributed by atoms with van der Waals surface area (Å²) in [5.74, 6) is -1.40. The van der Waals surface area contributed by atoms with Crippen molar-refractivity contribution in [3.05, 3.63) is 0 Å². The van der Waals surface area contributed by atoms with Gasteiger partial charge in [-0.15, -0.1) is 0 Å². The Bertz CT molecular complexity index is 329. The quantitative estimate of drug-likeness (QED) is 0.491. The first-order chi connectivity index (χ1) is 8.84. The van der Waals surface area contributed by atoms with E-state index in [9.17, 15) is 14.7 Å². The van der Waals surface area contributed by atoms with E-state index in [1.54, 1.807) is 0 Å². The number of rotatable bonds is 5. The van der Waals surface area contributed by atoms with Crippen LogP contribution in [0, 0.1) is 0 Å². The number of carboxylic acid groups (broad SMARTS) is 1. The molecule has 1 unspecified atom stereocenters. The minimum atomic E-state index is -1.64. The van der Waals surface area contributed by atoms with Gasteiger partial charge in [-0.2, -0.15) is 0 Å². The Labute approximate surface area is 111 Å². The summed E-state index contributed by atoms with van der Waals surface area (Å²) in [6, 6.07) is -0.541. The summed E-state index contributed by atoms with van der Waals surface area (Å²) in [6.45, 7) is 0.652.